The monoisotopic (exact) mass is 320 g/mol. The van der Waals surface area contributed by atoms with Gasteiger partial charge < -0.3 is 4.74 Å². The third-order valence-corrected chi connectivity index (χ3v) is 3.05. The molecule has 2 aromatic rings. The maximum atomic E-state index is 13.6. The van der Waals surface area contributed by atoms with Crippen LogP contribution < -0.4 is 0 Å². The molecule has 0 unspecified atom stereocenters. The van der Waals surface area contributed by atoms with E-state index in [4.69, 9.17) is 16.3 Å². The molecule has 7 heteroatoms. The molecule has 3 rings (SSSR count). The van der Waals surface area contributed by atoms with Gasteiger partial charge >= 0.3 is 5.97 Å². The summed E-state index contributed by atoms with van der Waals surface area (Å²) in [5.74, 6) is -2.28. The molecule has 1 aromatic heterocycles. The predicted octanol–water partition coefficient (Wildman–Crippen LogP) is 3.36. The number of halogens is 3. The number of aliphatic imine (C=N–C) groups is 1. The minimum absolute atomic E-state index is 0.0254. The molecular weight excluding hydrogens is 314 g/mol. The average molecular weight is 321 g/mol. The van der Waals surface area contributed by atoms with Crippen LogP contribution in [0.25, 0.3) is 6.08 Å². The first-order valence-electron chi connectivity index (χ1n) is 6.12. The summed E-state index contributed by atoms with van der Waals surface area (Å²) in [7, 11) is 0. The molecule has 110 valence electrons. The Hall–Kier alpha value is -2.60. The normalized spacial score (nSPS) is 15.9. The van der Waals surface area contributed by atoms with Gasteiger partial charge in [0.1, 0.15) is 17.3 Å². The molecule has 0 radical (unpaired) electrons. The summed E-state index contributed by atoms with van der Waals surface area (Å²) >= 11 is 5.83. The molecule has 0 saturated carbocycles. The first-order chi connectivity index (χ1) is 10.5. The summed E-state index contributed by atoms with van der Waals surface area (Å²) in [5.41, 5.74) is 0.198. The maximum Gasteiger partial charge on any atom is 0.363 e. The van der Waals surface area contributed by atoms with Gasteiger partial charge in [0.05, 0.1) is 0 Å². The number of rotatable bonds is 2. The first-order valence-corrected chi connectivity index (χ1v) is 6.50. The Bertz CT molecular complexity index is 834. The Morgan fingerprint density at radius 1 is 1.18 bits per heavy atom. The van der Waals surface area contributed by atoms with Crippen LogP contribution in [0.15, 0.2) is 47.2 Å². The molecule has 0 atom stereocenters. The highest BCUT2D eigenvalue weighted by atomic mass is 35.5. The fourth-order valence-electron chi connectivity index (χ4n) is 1.81. The summed E-state index contributed by atoms with van der Waals surface area (Å²) in [4.78, 5) is 19.7. The molecule has 22 heavy (non-hydrogen) atoms. The number of pyridine rings is 1. The van der Waals surface area contributed by atoms with Gasteiger partial charge in [-0.25, -0.2) is 18.6 Å². The molecular formula is C15H7ClF2N2O2. The Morgan fingerprint density at radius 2 is 2.00 bits per heavy atom. The van der Waals surface area contributed by atoms with Crippen LogP contribution in [-0.2, 0) is 9.53 Å². The van der Waals surface area contributed by atoms with Crippen LogP contribution in [-0.4, -0.2) is 16.9 Å². The van der Waals surface area contributed by atoms with Gasteiger partial charge in [0.15, 0.2) is 5.70 Å². The number of esters is 1. The maximum absolute atomic E-state index is 13.6. The number of benzene rings is 1. The number of ether oxygens (including phenoxy) is 1. The van der Waals surface area contributed by atoms with E-state index in [1.165, 1.54) is 24.4 Å². The van der Waals surface area contributed by atoms with E-state index >= 15 is 0 Å². The molecule has 2 heterocycles. The van der Waals surface area contributed by atoms with Crippen molar-refractivity contribution in [3.63, 3.8) is 0 Å². The van der Waals surface area contributed by atoms with Gasteiger partial charge in [-0.1, -0.05) is 11.6 Å². The number of hydrogen-bond acceptors (Lipinski definition) is 4. The molecule has 0 fully saturated rings. The number of nitrogens with zero attached hydrogens (tertiary/aromatic N) is 2. The lowest BCUT2D eigenvalue weighted by atomic mass is 10.2. The van der Waals surface area contributed by atoms with E-state index in [1.54, 1.807) is 6.07 Å². The Morgan fingerprint density at radius 3 is 2.73 bits per heavy atom. The van der Waals surface area contributed by atoms with Crippen molar-refractivity contribution in [2.75, 3.05) is 0 Å². The van der Waals surface area contributed by atoms with Crippen LogP contribution in [0.1, 0.15) is 11.3 Å². The fraction of sp³-hybridized carbons (Fsp3) is 0. The Kier molecular flexibility index (Phi) is 3.68. The van der Waals surface area contributed by atoms with Gasteiger partial charge in [0.25, 0.3) is 0 Å². The van der Waals surface area contributed by atoms with Crippen molar-refractivity contribution in [1.29, 1.82) is 0 Å². The highest BCUT2D eigenvalue weighted by Crippen LogP contribution is 2.21. The van der Waals surface area contributed by atoms with E-state index in [0.29, 0.717) is 5.02 Å². The Balaban J connectivity index is 1.97. The van der Waals surface area contributed by atoms with Gasteiger partial charge in [0, 0.05) is 22.8 Å². The summed E-state index contributed by atoms with van der Waals surface area (Å²) in [6.45, 7) is 0. The van der Waals surface area contributed by atoms with Crippen molar-refractivity contribution >= 4 is 29.5 Å². The number of carbonyl (C=O) groups is 1. The molecule has 1 aliphatic heterocycles. The smallest absolute Gasteiger partial charge is 0.363 e. The largest absolute Gasteiger partial charge is 0.400 e. The zero-order valence-electron chi connectivity index (χ0n) is 10.9. The highest BCUT2D eigenvalue weighted by Gasteiger charge is 2.25. The second-order valence-electron chi connectivity index (χ2n) is 4.36. The van der Waals surface area contributed by atoms with E-state index in [-0.39, 0.29) is 22.9 Å². The van der Waals surface area contributed by atoms with E-state index in [0.717, 1.165) is 12.1 Å². The van der Waals surface area contributed by atoms with E-state index in [2.05, 4.69) is 9.98 Å². The van der Waals surface area contributed by atoms with Gasteiger partial charge in [-0.15, -0.1) is 0 Å². The number of cyclic esters (lactones) is 1. The molecule has 0 saturated heterocycles. The molecule has 1 aliphatic rings. The predicted molar refractivity (Wildman–Crippen MR) is 76.2 cm³/mol. The zero-order chi connectivity index (χ0) is 15.7. The lowest BCUT2D eigenvalue weighted by Gasteiger charge is -1.98. The second kappa shape index (κ2) is 5.65. The summed E-state index contributed by atoms with van der Waals surface area (Å²) in [6, 6.07) is 6.05. The number of hydrogen-bond donors (Lipinski definition) is 0. The van der Waals surface area contributed by atoms with E-state index in [1.807, 2.05) is 0 Å². The molecule has 0 aliphatic carbocycles. The molecule has 0 bridgehead atoms. The van der Waals surface area contributed by atoms with Gasteiger partial charge in [0.2, 0.25) is 5.90 Å². The SMILES string of the molecule is O=C1OC(c2cc(Cl)ccn2)=N/C1=C\c1ccc(F)cc1F. The summed E-state index contributed by atoms with van der Waals surface area (Å²) in [6.07, 6.45) is 2.62. The third kappa shape index (κ3) is 2.87. The summed E-state index contributed by atoms with van der Waals surface area (Å²) in [5, 5.41) is 0.408. The molecule has 0 spiro atoms. The van der Waals surface area contributed by atoms with Crippen LogP contribution in [0.2, 0.25) is 5.02 Å². The van der Waals surface area contributed by atoms with Crippen molar-refractivity contribution < 1.29 is 18.3 Å². The lowest BCUT2D eigenvalue weighted by molar-refractivity contribution is -0.129. The van der Waals surface area contributed by atoms with Gasteiger partial charge in [-0.05, 0) is 30.3 Å². The van der Waals surface area contributed by atoms with Crippen LogP contribution in [0.5, 0.6) is 0 Å². The molecule has 1 aromatic carbocycles. The van der Waals surface area contributed by atoms with Crippen LogP contribution in [0.3, 0.4) is 0 Å². The van der Waals surface area contributed by atoms with E-state index < -0.39 is 17.6 Å². The minimum atomic E-state index is -0.801. The van der Waals surface area contributed by atoms with E-state index in [9.17, 15) is 13.6 Å². The third-order valence-electron chi connectivity index (χ3n) is 2.82. The zero-order valence-corrected chi connectivity index (χ0v) is 11.6. The fourth-order valence-corrected chi connectivity index (χ4v) is 1.97. The highest BCUT2D eigenvalue weighted by molar-refractivity contribution is 6.31. The lowest BCUT2D eigenvalue weighted by Crippen LogP contribution is -2.07. The van der Waals surface area contributed by atoms with Crippen molar-refractivity contribution in [2.45, 2.75) is 0 Å². The molecule has 4 nitrogen and oxygen atoms in total. The number of carbonyl (C=O) groups excluding carboxylic acids is 1. The minimum Gasteiger partial charge on any atom is -0.400 e. The van der Waals surface area contributed by atoms with Crippen molar-refractivity contribution in [2.24, 2.45) is 4.99 Å². The van der Waals surface area contributed by atoms with Crippen LogP contribution >= 0.6 is 11.6 Å². The summed E-state index contributed by atoms with van der Waals surface area (Å²) < 4.78 is 31.4. The first kappa shape index (κ1) is 14.3. The van der Waals surface area contributed by atoms with Crippen LogP contribution in [0, 0.1) is 11.6 Å². The van der Waals surface area contributed by atoms with Gasteiger partial charge in [-0.3, -0.25) is 4.98 Å². The topological polar surface area (TPSA) is 51.5 Å². The van der Waals surface area contributed by atoms with Gasteiger partial charge in [-0.2, -0.15) is 0 Å². The standard InChI is InChI=1S/C15H7ClF2N2O2/c16-9-3-4-19-12(6-9)14-20-13(15(21)22-14)5-8-1-2-10(17)7-11(8)18/h1-7H/b13-5-. The second-order valence-corrected chi connectivity index (χ2v) is 4.80. The van der Waals surface area contributed by atoms with Crippen molar-refractivity contribution in [3.8, 4) is 0 Å². The van der Waals surface area contributed by atoms with Crippen molar-refractivity contribution in [3.05, 3.63) is 70.1 Å². The molecule has 0 N–H and O–H groups in total. The quantitative estimate of drug-likeness (QED) is 0.630. The average Bonchev–Trinajstić information content (AvgIpc) is 2.83. The molecule has 0 amide bonds. The number of aromatic nitrogens is 1. The Labute approximate surface area is 128 Å². The van der Waals surface area contributed by atoms with Crippen LogP contribution in [0.4, 0.5) is 8.78 Å². The van der Waals surface area contributed by atoms with Crippen molar-refractivity contribution in [1.82, 2.24) is 4.98 Å².